The van der Waals surface area contributed by atoms with E-state index in [9.17, 15) is 18.0 Å². The molecule has 126 valence electrons. The summed E-state index contributed by atoms with van der Waals surface area (Å²) in [5, 5.41) is 11.8. The number of nitrogens with one attached hydrogen (secondary N) is 1. The first-order chi connectivity index (χ1) is 10.7. The van der Waals surface area contributed by atoms with Crippen LogP contribution in [0.4, 0.5) is 5.69 Å². The van der Waals surface area contributed by atoms with Gasteiger partial charge in [-0.3, -0.25) is 9.59 Å². The van der Waals surface area contributed by atoms with Gasteiger partial charge in [-0.15, -0.1) is 0 Å². The molecule has 1 aliphatic carbocycles. The van der Waals surface area contributed by atoms with E-state index in [0.29, 0.717) is 36.9 Å². The molecule has 0 atom stereocenters. The molecule has 1 aliphatic rings. The van der Waals surface area contributed by atoms with Gasteiger partial charge in [-0.1, -0.05) is 12.1 Å². The topological polar surface area (TPSA) is 101 Å². The van der Waals surface area contributed by atoms with Crippen LogP contribution in [-0.4, -0.2) is 31.7 Å². The molecule has 0 aromatic heterocycles. The van der Waals surface area contributed by atoms with Gasteiger partial charge in [0.25, 0.3) is 0 Å². The second-order valence-corrected chi connectivity index (χ2v) is 8.28. The van der Waals surface area contributed by atoms with Crippen LogP contribution in [0.1, 0.15) is 31.2 Å². The number of rotatable bonds is 5. The summed E-state index contributed by atoms with van der Waals surface area (Å²) in [4.78, 5) is 23.1. The van der Waals surface area contributed by atoms with E-state index < -0.39 is 15.8 Å². The first kappa shape index (κ1) is 17.5. The fourth-order valence-corrected chi connectivity index (χ4v) is 3.63. The summed E-state index contributed by atoms with van der Waals surface area (Å²) in [7, 11) is -3.08. The molecule has 6 nitrogen and oxygen atoms in total. The summed E-state index contributed by atoms with van der Waals surface area (Å²) >= 11 is 0. The highest BCUT2D eigenvalue weighted by Gasteiger charge is 2.29. The minimum absolute atomic E-state index is 0.0274. The smallest absolute Gasteiger partial charge is 0.306 e. The number of anilines is 1. The Morgan fingerprint density at radius 2 is 1.61 bits per heavy atom. The van der Waals surface area contributed by atoms with E-state index in [1.54, 1.807) is 24.3 Å². The number of hydrogen-bond donors (Lipinski definition) is 2. The summed E-state index contributed by atoms with van der Waals surface area (Å²) in [6, 6.07) is 6.72. The number of carbonyl (C=O) groups excluding carboxylic acids is 1. The van der Waals surface area contributed by atoms with E-state index in [1.807, 2.05) is 0 Å². The van der Waals surface area contributed by atoms with E-state index in [1.165, 1.54) is 6.26 Å². The molecular formula is C16H21NO5S. The molecule has 0 spiro atoms. The van der Waals surface area contributed by atoms with Gasteiger partial charge in [0.05, 0.1) is 11.7 Å². The van der Waals surface area contributed by atoms with Gasteiger partial charge in [-0.05, 0) is 43.4 Å². The van der Waals surface area contributed by atoms with E-state index in [4.69, 9.17) is 5.11 Å². The second kappa shape index (κ2) is 7.12. The number of amides is 1. The third-order valence-corrected chi connectivity index (χ3v) is 4.96. The molecule has 2 rings (SSSR count). The van der Waals surface area contributed by atoms with Crippen LogP contribution in [0.25, 0.3) is 0 Å². The molecule has 0 saturated heterocycles. The highest BCUT2D eigenvalue weighted by atomic mass is 32.2. The van der Waals surface area contributed by atoms with Gasteiger partial charge in [0.1, 0.15) is 0 Å². The van der Waals surface area contributed by atoms with Crippen molar-refractivity contribution in [3.8, 4) is 0 Å². The second-order valence-electron chi connectivity index (χ2n) is 6.14. The molecule has 2 N–H and O–H groups in total. The fourth-order valence-electron chi connectivity index (χ4n) is 2.83. The van der Waals surface area contributed by atoms with Crippen LogP contribution in [-0.2, 0) is 25.2 Å². The molecule has 1 fully saturated rings. The molecule has 0 heterocycles. The van der Waals surface area contributed by atoms with Gasteiger partial charge >= 0.3 is 5.97 Å². The Kier molecular flexibility index (Phi) is 5.41. The lowest BCUT2D eigenvalue weighted by Crippen LogP contribution is -2.29. The molecule has 1 aromatic carbocycles. The van der Waals surface area contributed by atoms with Crippen molar-refractivity contribution in [2.24, 2.45) is 11.8 Å². The number of hydrogen-bond acceptors (Lipinski definition) is 4. The zero-order valence-corrected chi connectivity index (χ0v) is 13.8. The quantitative estimate of drug-likeness (QED) is 0.855. The normalized spacial score (nSPS) is 21.6. The lowest BCUT2D eigenvalue weighted by molar-refractivity contribution is -0.143. The van der Waals surface area contributed by atoms with Crippen molar-refractivity contribution in [2.45, 2.75) is 31.4 Å². The molecule has 0 radical (unpaired) electrons. The molecule has 1 amide bonds. The zero-order chi connectivity index (χ0) is 17.0. The van der Waals surface area contributed by atoms with E-state index in [-0.39, 0.29) is 23.5 Å². The molecule has 1 saturated carbocycles. The first-order valence-corrected chi connectivity index (χ1v) is 9.61. The Balaban J connectivity index is 1.90. The number of sulfone groups is 1. The van der Waals surface area contributed by atoms with Crippen molar-refractivity contribution in [1.82, 2.24) is 0 Å². The zero-order valence-electron chi connectivity index (χ0n) is 13.0. The Morgan fingerprint density at radius 1 is 1.09 bits per heavy atom. The Morgan fingerprint density at radius 3 is 2.09 bits per heavy atom. The maximum atomic E-state index is 12.2. The molecule has 0 aliphatic heterocycles. The number of carbonyl (C=O) groups is 2. The van der Waals surface area contributed by atoms with Gasteiger partial charge in [-0.2, -0.15) is 0 Å². The van der Waals surface area contributed by atoms with Gasteiger partial charge in [0, 0.05) is 17.9 Å². The van der Waals surface area contributed by atoms with E-state index in [0.717, 1.165) is 0 Å². The highest BCUT2D eigenvalue weighted by Crippen LogP contribution is 2.29. The summed E-state index contributed by atoms with van der Waals surface area (Å²) in [6.07, 6.45) is 3.39. The number of aliphatic carboxylic acids is 1. The predicted octanol–water partition coefficient (Wildman–Crippen LogP) is 2.06. The fraction of sp³-hybridized carbons (Fsp3) is 0.500. The lowest BCUT2D eigenvalue weighted by Gasteiger charge is -2.25. The minimum atomic E-state index is -3.08. The molecule has 23 heavy (non-hydrogen) atoms. The summed E-state index contributed by atoms with van der Waals surface area (Å²) in [6.45, 7) is 0. The molecule has 1 aromatic rings. The maximum Gasteiger partial charge on any atom is 0.306 e. The monoisotopic (exact) mass is 339 g/mol. The highest BCUT2D eigenvalue weighted by molar-refractivity contribution is 7.89. The summed E-state index contributed by atoms with van der Waals surface area (Å²) in [5.74, 6) is -1.42. The molecule has 0 unspecified atom stereocenters. The summed E-state index contributed by atoms with van der Waals surface area (Å²) < 4.78 is 22.5. The van der Waals surface area contributed by atoms with Gasteiger partial charge < -0.3 is 10.4 Å². The van der Waals surface area contributed by atoms with Crippen molar-refractivity contribution in [1.29, 1.82) is 0 Å². The minimum Gasteiger partial charge on any atom is -0.481 e. The van der Waals surface area contributed by atoms with Gasteiger partial charge in [0.2, 0.25) is 5.91 Å². The van der Waals surface area contributed by atoms with Crippen molar-refractivity contribution >= 4 is 27.4 Å². The standard InChI is InChI=1S/C16H21NO5S/c1-23(21,22)10-11-2-8-14(9-3-11)17-15(18)12-4-6-13(7-5-12)16(19)20/h2-3,8-9,12-13H,4-7,10H2,1H3,(H,17,18)(H,19,20). The van der Waals surface area contributed by atoms with Crippen LogP contribution in [0.3, 0.4) is 0 Å². The number of carboxylic acid groups (broad SMARTS) is 1. The van der Waals surface area contributed by atoms with Crippen LogP contribution >= 0.6 is 0 Å². The molecular weight excluding hydrogens is 318 g/mol. The van der Waals surface area contributed by atoms with Gasteiger partial charge in [-0.25, -0.2) is 8.42 Å². The van der Waals surface area contributed by atoms with E-state index in [2.05, 4.69) is 5.32 Å². The van der Waals surface area contributed by atoms with Crippen molar-refractivity contribution in [3.05, 3.63) is 29.8 Å². The third-order valence-electron chi connectivity index (χ3n) is 4.10. The average Bonchev–Trinajstić information content (AvgIpc) is 2.48. The maximum absolute atomic E-state index is 12.2. The van der Waals surface area contributed by atoms with Crippen LogP contribution in [0.15, 0.2) is 24.3 Å². The largest absolute Gasteiger partial charge is 0.481 e. The number of carboxylic acids is 1. The van der Waals surface area contributed by atoms with Gasteiger partial charge in [0.15, 0.2) is 9.84 Å². The molecule has 7 heteroatoms. The Labute approximate surface area is 135 Å². The van der Waals surface area contributed by atoms with Crippen LogP contribution < -0.4 is 5.32 Å². The van der Waals surface area contributed by atoms with Crippen molar-refractivity contribution < 1.29 is 23.1 Å². The lowest BCUT2D eigenvalue weighted by atomic mass is 9.81. The van der Waals surface area contributed by atoms with E-state index >= 15 is 0 Å². The number of benzene rings is 1. The van der Waals surface area contributed by atoms with Crippen LogP contribution in [0.5, 0.6) is 0 Å². The average molecular weight is 339 g/mol. The predicted molar refractivity (Wildman–Crippen MR) is 86.7 cm³/mol. The van der Waals surface area contributed by atoms with Crippen molar-refractivity contribution in [3.63, 3.8) is 0 Å². The third kappa shape index (κ3) is 5.35. The summed E-state index contributed by atoms with van der Waals surface area (Å²) in [5.41, 5.74) is 1.29. The van der Waals surface area contributed by atoms with Crippen molar-refractivity contribution in [2.75, 3.05) is 11.6 Å². The molecule has 0 bridgehead atoms. The van der Waals surface area contributed by atoms with Crippen LogP contribution in [0.2, 0.25) is 0 Å². The van der Waals surface area contributed by atoms with Crippen LogP contribution in [0, 0.1) is 11.8 Å². The first-order valence-electron chi connectivity index (χ1n) is 7.55. The Bertz CT molecular complexity index is 673. The Hall–Kier alpha value is -1.89. The SMILES string of the molecule is CS(=O)(=O)Cc1ccc(NC(=O)C2CCC(C(=O)O)CC2)cc1.